The van der Waals surface area contributed by atoms with Crippen LogP contribution in [0.3, 0.4) is 0 Å². The summed E-state index contributed by atoms with van der Waals surface area (Å²) in [6.45, 7) is 0. The van der Waals surface area contributed by atoms with Gasteiger partial charge in [0.15, 0.2) is 0 Å². The number of hydrogen-bond acceptors (Lipinski definition) is 4. The van der Waals surface area contributed by atoms with Crippen molar-refractivity contribution in [1.29, 1.82) is 0 Å². The Morgan fingerprint density at radius 3 is 2.55 bits per heavy atom. The fourth-order valence-corrected chi connectivity index (χ4v) is 6.13. The van der Waals surface area contributed by atoms with Crippen LogP contribution in [-0.2, 0) is 10.0 Å². The molecule has 1 aromatic carbocycles. The van der Waals surface area contributed by atoms with E-state index in [1.807, 2.05) is 0 Å². The number of hydrogen-bond donors (Lipinski definition) is 1. The third-order valence-electron chi connectivity index (χ3n) is 2.77. The highest BCUT2D eigenvalue weighted by atomic mass is 79.9. The minimum absolute atomic E-state index is 0.106. The van der Waals surface area contributed by atoms with Crippen molar-refractivity contribution < 1.29 is 13.5 Å². The van der Waals surface area contributed by atoms with E-state index in [-0.39, 0.29) is 9.96 Å². The zero-order valence-corrected chi connectivity index (χ0v) is 14.6. The largest absolute Gasteiger partial charge is 0.508 e. The molecule has 2 aromatic heterocycles. The molecule has 0 aliphatic heterocycles. The normalized spacial score (nSPS) is 12.1. The number of phenols is 1. The topological polar surface area (TPSA) is 59.3 Å². The first kappa shape index (κ1) is 14.1. The highest BCUT2D eigenvalue weighted by molar-refractivity contribution is 9.13. The van der Waals surface area contributed by atoms with Crippen molar-refractivity contribution in [2.45, 2.75) is 4.21 Å². The van der Waals surface area contributed by atoms with E-state index in [0.29, 0.717) is 15.4 Å². The van der Waals surface area contributed by atoms with E-state index >= 15 is 0 Å². The Morgan fingerprint density at radius 2 is 1.90 bits per heavy atom. The number of rotatable bonds is 2. The summed E-state index contributed by atoms with van der Waals surface area (Å²) in [7, 11) is -3.64. The summed E-state index contributed by atoms with van der Waals surface area (Å²) in [6.07, 6.45) is 1.49. The Kier molecular flexibility index (Phi) is 3.44. The molecule has 3 aromatic rings. The van der Waals surface area contributed by atoms with Crippen molar-refractivity contribution in [2.75, 3.05) is 0 Å². The van der Waals surface area contributed by atoms with Crippen LogP contribution in [-0.4, -0.2) is 17.5 Å². The highest BCUT2D eigenvalue weighted by Gasteiger charge is 2.22. The van der Waals surface area contributed by atoms with Gasteiger partial charge in [0, 0.05) is 16.1 Å². The lowest BCUT2D eigenvalue weighted by atomic mass is 10.2. The molecule has 20 heavy (non-hydrogen) atoms. The summed E-state index contributed by atoms with van der Waals surface area (Å²) in [5, 5.41) is 10.1. The van der Waals surface area contributed by atoms with Gasteiger partial charge in [0.25, 0.3) is 10.0 Å². The molecule has 0 unspecified atom stereocenters. The van der Waals surface area contributed by atoms with E-state index < -0.39 is 10.0 Å². The molecule has 0 spiro atoms. The number of phenolic OH excluding ortho intramolecular Hbond substituents is 1. The Bertz CT molecular complexity index is 893. The van der Waals surface area contributed by atoms with E-state index in [0.717, 1.165) is 15.1 Å². The Morgan fingerprint density at radius 1 is 1.15 bits per heavy atom. The SMILES string of the molecule is O=S(=O)(c1cc(Br)c(Br)s1)n1ccc2cc(O)ccc21. The predicted octanol–water partition coefficient (Wildman–Crippen LogP) is 4.17. The zero-order valence-electron chi connectivity index (χ0n) is 9.75. The lowest BCUT2D eigenvalue weighted by Crippen LogP contribution is -2.10. The molecule has 104 valence electrons. The van der Waals surface area contributed by atoms with E-state index in [4.69, 9.17) is 0 Å². The van der Waals surface area contributed by atoms with Crippen LogP contribution < -0.4 is 0 Å². The minimum Gasteiger partial charge on any atom is -0.508 e. The van der Waals surface area contributed by atoms with Crippen LogP contribution in [0.5, 0.6) is 5.75 Å². The van der Waals surface area contributed by atoms with Crippen LogP contribution in [0.25, 0.3) is 10.9 Å². The molecule has 3 rings (SSSR count). The van der Waals surface area contributed by atoms with Crippen LogP contribution in [0.4, 0.5) is 0 Å². The van der Waals surface area contributed by atoms with Gasteiger partial charge in [0.1, 0.15) is 9.96 Å². The second-order valence-corrected chi connectivity index (χ2v) is 9.31. The van der Waals surface area contributed by atoms with Crippen molar-refractivity contribution in [1.82, 2.24) is 3.97 Å². The molecule has 0 radical (unpaired) electrons. The maximum Gasteiger partial charge on any atom is 0.277 e. The molecule has 1 N–H and O–H groups in total. The first-order chi connectivity index (χ1) is 9.39. The monoisotopic (exact) mass is 435 g/mol. The third kappa shape index (κ3) is 2.20. The molecule has 2 heterocycles. The lowest BCUT2D eigenvalue weighted by Gasteiger charge is -2.05. The second-order valence-electron chi connectivity index (χ2n) is 4.05. The number of aromatic nitrogens is 1. The molecule has 0 aliphatic rings. The lowest BCUT2D eigenvalue weighted by molar-refractivity contribution is 0.476. The van der Waals surface area contributed by atoms with E-state index in [1.54, 1.807) is 18.2 Å². The fraction of sp³-hybridized carbons (Fsp3) is 0. The van der Waals surface area contributed by atoms with Gasteiger partial charge in [-0.15, -0.1) is 11.3 Å². The summed E-state index contributed by atoms with van der Waals surface area (Å²) in [4.78, 5) is 0. The first-order valence-electron chi connectivity index (χ1n) is 5.40. The van der Waals surface area contributed by atoms with Gasteiger partial charge in [-0.3, -0.25) is 0 Å². The van der Waals surface area contributed by atoms with Gasteiger partial charge in [0.05, 0.1) is 9.30 Å². The smallest absolute Gasteiger partial charge is 0.277 e. The van der Waals surface area contributed by atoms with Gasteiger partial charge in [-0.2, -0.15) is 8.42 Å². The van der Waals surface area contributed by atoms with Crippen LogP contribution >= 0.6 is 43.2 Å². The van der Waals surface area contributed by atoms with Crippen molar-refractivity contribution in [3.05, 3.63) is 44.8 Å². The Labute approximate surface area is 136 Å². The van der Waals surface area contributed by atoms with Crippen molar-refractivity contribution in [2.24, 2.45) is 0 Å². The van der Waals surface area contributed by atoms with Crippen molar-refractivity contribution in [3.8, 4) is 5.75 Å². The van der Waals surface area contributed by atoms with Crippen molar-refractivity contribution >= 4 is 64.1 Å². The zero-order chi connectivity index (χ0) is 14.5. The molecule has 0 fully saturated rings. The Balaban J connectivity index is 2.24. The van der Waals surface area contributed by atoms with Crippen LogP contribution in [0.15, 0.2) is 49.0 Å². The average molecular weight is 437 g/mol. The number of aromatic hydroxyl groups is 1. The molecule has 8 heteroatoms. The maximum absolute atomic E-state index is 12.6. The third-order valence-corrected chi connectivity index (χ3v) is 8.17. The minimum atomic E-state index is -3.64. The van der Waals surface area contributed by atoms with Crippen molar-refractivity contribution in [3.63, 3.8) is 0 Å². The van der Waals surface area contributed by atoms with E-state index in [1.165, 1.54) is 22.3 Å². The number of thiophene rings is 1. The number of nitrogens with zero attached hydrogens (tertiary/aromatic N) is 1. The van der Waals surface area contributed by atoms with Gasteiger partial charge in [-0.05, 0) is 62.2 Å². The molecule has 0 saturated heterocycles. The molecular formula is C12H7Br2NO3S2. The van der Waals surface area contributed by atoms with Gasteiger partial charge >= 0.3 is 0 Å². The predicted molar refractivity (Wildman–Crippen MR) is 85.9 cm³/mol. The van der Waals surface area contributed by atoms with Gasteiger partial charge < -0.3 is 5.11 Å². The number of benzene rings is 1. The summed E-state index contributed by atoms with van der Waals surface area (Å²) < 4.78 is 28.1. The number of halogens is 2. The van der Waals surface area contributed by atoms with Crippen LogP contribution in [0.1, 0.15) is 0 Å². The molecule has 0 bridgehead atoms. The standard InChI is InChI=1S/C12H7Br2NO3S2/c13-9-6-11(19-12(9)14)20(17,18)15-4-3-7-5-8(16)1-2-10(7)15/h1-6,16H. The molecule has 0 atom stereocenters. The Hall–Kier alpha value is -0.830. The van der Waals surface area contributed by atoms with Gasteiger partial charge in [-0.1, -0.05) is 0 Å². The first-order valence-corrected chi connectivity index (χ1v) is 9.24. The average Bonchev–Trinajstić information content (AvgIpc) is 2.94. The van der Waals surface area contributed by atoms with E-state index in [9.17, 15) is 13.5 Å². The summed E-state index contributed by atoms with van der Waals surface area (Å²) >= 11 is 7.73. The number of fused-ring (bicyclic) bond motifs is 1. The highest BCUT2D eigenvalue weighted by Crippen LogP contribution is 2.36. The molecule has 0 amide bonds. The quantitative estimate of drug-likeness (QED) is 0.655. The maximum atomic E-state index is 12.6. The van der Waals surface area contributed by atoms with Gasteiger partial charge in [0.2, 0.25) is 0 Å². The molecule has 0 aliphatic carbocycles. The van der Waals surface area contributed by atoms with Crippen LogP contribution in [0, 0.1) is 0 Å². The summed E-state index contributed by atoms with van der Waals surface area (Å²) in [6, 6.07) is 7.80. The van der Waals surface area contributed by atoms with Gasteiger partial charge in [-0.25, -0.2) is 3.97 Å². The molecule has 4 nitrogen and oxygen atoms in total. The summed E-state index contributed by atoms with van der Waals surface area (Å²) in [5.41, 5.74) is 0.531. The summed E-state index contributed by atoms with van der Waals surface area (Å²) in [5.74, 6) is 0.106. The van der Waals surface area contributed by atoms with Crippen LogP contribution in [0.2, 0.25) is 0 Å². The molecular weight excluding hydrogens is 430 g/mol. The van der Waals surface area contributed by atoms with E-state index in [2.05, 4.69) is 31.9 Å². The fourth-order valence-electron chi connectivity index (χ4n) is 1.86. The second kappa shape index (κ2) is 4.87. The molecule has 0 saturated carbocycles.